The van der Waals surface area contributed by atoms with Crippen LogP contribution >= 0.6 is 11.3 Å². The number of benzene rings is 1. The molecule has 6 heteroatoms. The highest BCUT2D eigenvalue weighted by atomic mass is 32.1. The SMILES string of the molecule is COC(=O)Nc1ncc(C[NH+]2CCC(c3ccccc3)CC2)s1. The van der Waals surface area contributed by atoms with Crippen molar-refractivity contribution in [3.63, 3.8) is 0 Å². The Balaban J connectivity index is 1.50. The first-order valence-corrected chi connectivity index (χ1v) is 8.74. The molecule has 3 rings (SSSR count). The lowest BCUT2D eigenvalue weighted by molar-refractivity contribution is -0.918. The predicted molar refractivity (Wildman–Crippen MR) is 91.0 cm³/mol. The number of likely N-dealkylation sites (tertiary alicyclic amines) is 1. The van der Waals surface area contributed by atoms with Gasteiger partial charge in [-0.05, 0) is 11.5 Å². The molecular formula is C17H22N3O2S+. The monoisotopic (exact) mass is 332 g/mol. The molecule has 1 amide bonds. The molecule has 1 aliphatic rings. The fraction of sp³-hybridized carbons (Fsp3) is 0.412. The van der Waals surface area contributed by atoms with Gasteiger partial charge in [0.15, 0.2) is 5.13 Å². The molecule has 1 fully saturated rings. The van der Waals surface area contributed by atoms with Crippen molar-refractivity contribution in [1.29, 1.82) is 0 Å². The lowest BCUT2D eigenvalue weighted by Crippen LogP contribution is -3.11. The van der Waals surface area contributed by atoms with Crippen molar-refractivity contribution in [2.75, 3.05) is 25.5 Å². The summed E-state index contributed by atoms with van der Waals surface area (Å²) in [7, 11) is 1.35. The van der Waals surface area contributed by atoms with Gasteiger partial charge in [0.1, 0.15) is 6.54 Å². The number of nitrogens with zero attached hydrogens (tertiary/aromatic N) is 1. The van der Waals surface area contributed by atoms with Gasteiger partial charge < -0.3 is 9.64 Å². The van der Waals surface area contributed by atoms with Gasteiger partial charge >= 0.3 is 6.09 Å². The van der Waals surface area contributed by atoms with Crippen LogP contribution in [-0.4, -0.2) is 31.3 Å². The maximum absolute atomic E-state index is 11.2. The standard InChI is InChI=1S/C17H21N3O2S/c1-22-17(21)19-16-18-11-15(23-16)12-20-9-7-14(8-10-20)13-5-3-2-4-6-13/h2-6,11,14H,7-10,12H2,1H3,(H,18,19,21)/p+1. The quantitative estimate of drug-likeness (QED) is 0.903. The minimum absolute atomic E-state index is 0.470. The maximum Gasteiger partial charge on any atom is 0.413 e. The highest BCUT2D eigenvalue weighted by Crippen LogP contribution is 2.24. The number of carbonyl (C=O) groups excluding carboxylic acids is 1. The van der Waals surface area contributed by atoms with Crippen LogP contribution in [0.3, 0.4) is 0 Å². The molecule has 0 atom stereocenters. The van der Waals surface area contributed by atoms with Gasteiger partial charge in [-0.1, -0.05) is 41.7 Å². The summed E-state index contributed by atoms with van der Waals surface area (Å²) in [5.74, 6) is 0.693. The number of quaternary nitrogens is 1. The smallest absolute Gasteiger partial charge is 0.413 e. The molecule has 0 unspecified atom stereocenters. The Labute approximate surface area is 140 Å². The van der Waals surface area contributed by atoms with Gasteiger partial charge in [-0.2, -0.15) is 0 Å². The molecule has 122 valence electrons. The average molecular weight is 332 g/mol. The van der Waals surface area contributed by atoms with Gasteiger partial charge in [-0.15, -0.1) is 0 Å². The summed E-state index contributed by atoms with van der Waals surface area (Å²) >= 11 is 1.52. The number of hydrogen-bond donors (Lipinski definition) is 2. The summed E-state index contributed by atoms with van der Waals surface area (Å²) in [5.41, 5.74) is 1.47. The third-order valence-corrected chi connectivity index (χ3v) is 5.25. The van der Waals surface area contributed by atoms with E-state index < -0.39 is 6.09 Å². The van der Waals surface area contributed by atoms with Gasteiger partial charge in [0.2, 0.25) is 0 Å². The molecule has 1 saturated heterocycles. The van der Waals surface area contributed by atoms with E-state index >= 15 is 0 Å². The number of anilines is 1. The first-order valence-electron chi connectivity index (χ1n) is 7.93. The molecular weight excluding hydrogens is 310 g/mol. The zero-order chi connectivity index (χ0) is 16.1. The topological polar surface area (TPSA) is 55.7 Å². The summed E-state index contributed by atoms with van der Waals surface area (Å²) in [6, 6.07) is 10.8. The Kier molecular flexibility index (Phi) is 5.25. The van der Waals surface area contributed by atoms with Gasteiger partial charge in [-0.25, -0.2) is 9.78 Å². The second-order valence-electron chi connectivity index (χ2n) is 5.86. The van der Waals surface area contributed by atoms with Crippen LogP contribution in [0.1, 0.15) is 29.2 Å². The summed E-state index contributed by atoms with van der Waals surface area (Å²) in [6.07, 6.45) is 3.84. The summed E-state index contributed by atoms with van der Waals surface area (Å²) < 4.78 is 4.58. The lowest BCUT2D eigenvalue weighted by Gasteiger charge is -2.29. The van der Waals surface area contributed by atoms with E-state index in [1.165, 1.54) is 54.8 Å². The molecule has 2 heterocycles. The fourth-order valence-corrected chi connectivity index (χ4v) is 3.96. The normalized spacial score (nSPS) is 20.9. The Hall–Kier alpha value is -1.92. The van der Waals surface area contributed by atoms with Gasteiger partial charge in [0.25, 0.3) is 0 Å². The Morgan fingerprint density at radius 2 is 2.09 bits per heavy atom. The van der Waals surface area contributed by atoms with E-state index in [2.05, 4.69) is 45.4 Å². The second kappa shape index (κ2) is 7.57. The van der Waals surface area contributed by atoms with Crippen molar-refractivity contribution < 1.29 is 14.4 Å². The largest absolute Gasteiger partial charge is 0.453 e. The Morgan fingerprint density at radius 1 is 1.35 bits per heavy atom. The number of rotatable bonds is 4. The number of piperidine rings is 1. The molecule has 2 aromatic rings. The maximum atomic E-state index is 11.2. The third kappa shape index (κ3) is 4.30. The molecule has 0 saturated carbocycles. The highest BCUT2D eigenvalue weighted by Gasteiger charge is 2.23. The predicted octanol–water partition coefficient (Wildman–Crippen LogP) is 2.28. The zero-order valence-corrected chi connectivity index (χ0v) is 14.1. The van der Waals surface area contributed by atoms with E-state index in [-0.39, 0.29) is 0 Å². The van der Waals surface area contributed by atoms with Crippen molar-refractivity contribution in [2.45, 2.75) is 25.3 Å². The van der Waals surface area contributed by atoms with Crippen LogP contribution in [0.5, 0.6) is 0 Å². The van der Waals surface area contributed by atoms with Gasteiger partial charge in [0.05, 0.1) is 25.1 Å². The van der Waals surface area contributed by atoms with Crippen molar-refractivity contribution in [3.8, 4) is 0 Å². The zero-order valence-electron chi connectivity index (χ0n) is 13.2. The van der Waals surface area contributed by atoms with Crippen molar-refractivity contribution in [3.05, 3.63) is 47.0 Å². The number of thiazole rings is 1. The second-order valence-corrected chi connectivity index (χ2v) is 6.98. The molecule has 0 bridgehead atoms. The van der Waals surface area contributed by atoms with Gasteiger partial charge in [0, 0.05) is 19.0 Å². The minimum atomic E-state index is -0.470. The van der Waals surface area contributed by atoms with E-state index in [9.17, 15) is 4.79 Å². The minimum Gasteiger partial charge on any atom is -0.453 e. The van der Waals surface area contributed by atoms with E-state index in [1.54, 1.807) is 4.90 Å². The van der Waals surface area contributed by atoms with Crippen LogP contribution in [0, 0.1) is 0 Å². The van der Waals surface area contributed by atoms with Crippen LogP contribution in [0.25, 0.3) is 0 Å². The summed E-state index contributed by atoms with van der Waals surface area (Å²) in [5, 5.41) is 3.22. The van der Waals surface area contributed by atoms with Crippen LogP contribution in [-0.2, 0) is 11.3 Å². The number of amides is 1. The van der Waals surface area contributed by atoms with E-state index in [0.717, 1.165) is 6.54 Å². The van der Waals surface area contributed by atoms with Gasteiger partial charge in [-0.3, -0.25) is 5.32 Å². The van der Waals surface area contributed by atoms with Crippen LogP contribution < -0.4 is 10.2 Å². The lowest BCUT2D eigenvalue weighted by atomic mass is 9.89. The average Bonchev–Trinajstić information content (AvgIpc) is 3.03. The van der Waals surface area contributed by atoms with Crippen LogP contribution in [0.2, 0.25) is 0 Å². The van der Waals surface area contributed by atoms with E-state index in [1.807, 2.05) is 6.20 Å². The number of nitrogens with one attached hydrogen (secondary N) is 2. The number of aromatic nitrogens is 1. The summed E-state index contributed by atoms with van der Waals surface area (Å²) in [6.45, 7) is 3.33. The van der Waals surface area contributed by atoms with Crippen LogP contribution in [0.4, 0.5) is 9.93 Å². The first-order chi connectivity index (χ1) is 11.2. The number of hydrogen-bond acceptors (Lipinski definition) is 4. The molecule has 0 aliphatic carbocycles. The number of carbonyl (C=O) groups is 1. The molecule has 23 heavy (non-hydrogen) atoms. The third-order valence-electron chi connectivity index (χ3n) is 4.34. The van der Waals surface area contributed by atoms with Crippen LogP contribution in [0.15, 0.2) is 36.5 Å². The molecule has 2 N–H and O–H groups in total. The molecule has 1 aliphatic heterocycles. The molecule has 0 radical (unpaired) electrons. The molecule has 1 aromatic heterocycles. The first kappa shape index (κ1) is 16.0. The Morgan fingerprint density at radius 3 is 2.78 bits per heavy atom. The van der Waals surface area contributed by atoms with E-state index in [4.69, 9.17) is 0 Å². The van der Waals surface area contributed by atoms with Crippen molar-refractivity contribution >= 4 is 22.6 Å². The van der Waals surface area contributed by atoms with E-state index in [0.29, 0.717) is 11.0 Å². The number of ether oxygens (including phenoxy) is 1. The number of methoxy groups -OCH3 is 1. The highest BCUT2D eigenvalue weighted by molar-refractivity contribution is 7.15. The van der Waals surface area contributed by atoms with Crippen molar-refractivity contribution in [1.82, 2.24) is 4.98 Å². The molecule has 0 spiro atoms. The molecule has 1 aromatic carbocycles. The summed E-state index contributed by atoms with van der Waals surface area (Å²) in [4.78, 5) is 18.2. The fourth-order valence-electron chi connectivity index (χ4n) is 3.09. The molecule has 5 nitrogen and oxygen atoms in total. The van der Waals surface area contributed by atoms with Crippen molar-refractivity contribution in [2.24, 2.45) is 0 Å². The Bertz CT molecular complexity index is 636.